The lowest BCUT2D eigenvalue weighted by atomic mass is 10.1. The Morgan fingerprint density at radius 3 is 1.93 bits per heavy atom. The van der Waals surface area contributed by atoms with Crippen molar-refractivity contribution in [2.24, 2.45) is 5.73 Å². The van der Waals surface area contributed by atoms with Gasteiger partial charge < -0.3 is 16.4 Å². The van der Waals surface area contributed by atoms with Crippen LogP contribution in [0, 0.1) is 0 Å². The lowest BCUT2D eigenvalue weighted by Gasteiger charge is -2.15. The fraction of sp³-hybridized carbons (Fsp3) is 0.833. The fourth-order valence-corrected chi connectivity index (χ4v) is 3.39. The molecule has 0 saturated carbocycles. The van der Waals surface area contributed by atoms with Crippen molar-refractivity contribution in [3.8, 4) is 0 Å². The third-order valence-electron chi connectivity index (χ3n) is 5.26. The number of amides is 2. The Kier molecular flexibility index (Phi) is 20.3. The van der Waals surface area contributed by atoms with Crippen molar-refractivity contribution >= 4 is 11.8 Å². The molecule has 0 spiro atoms. The van der Waals surface area contributed by atoms with Crippen molar-refractivity contribution < 1.29 is 9.59 Å². The number of primary amides is 1. The summed E-state index contributed by atoms with van der Waals surface area (Å²) in [5.74, 6) is -0.505. The molecule has 1 atom stereocenters. The van der Waals surface area contributed by atoms with Crippen LogP contribution in [-0.4, -0.2) is 31.4 Å². The zero-order chi connectivity index (χ0) is 21.6. The van der Waals surface area contributed by atoms with E-state index in [9.17, 15) is 9.59 Å². The smallest absolute Gasteiger partial charge is 0.240 e. The van der Waals surface area contributed by atoms with Crippen LogP contribution in [0.3, 0.4) is 0 Å². The van der Waals surface area contributed by atoms with Gasteiger partial charge in [0.15, 0.2) is 0 Å². The van der Waals surface area contributed by atoms with Gasteiger partial charge in [0, 0.05) is 6.42 Å². The number of hydrogen-bond acceptors (Lipinski definition) is 3. The summed E-state index contributed by atoms with van der Waals surface area (Å²) in [6, 6.07) is -0.543. The van der Waals surface area contributed by atoms with Gasteiger partial charge in [-0.15, -0.1) is 0 Å². The highest BCUT2D eigenvalue weighted by atomic mass is 16.2. The second-order valence-corrected chi connectivity index (χ2v) is 8.10. The summed E-state index contributed by atoms with van der Waals surface area (Å²) in [7, 11) is 1.87. The number of nitrogens with two attached hydrogens (primary N) is 1. The lowest BCUT2D eigenvalue weighted by molar-refractivity contribution is -0.127. The van der Waals surface area contributed by atoms with Crippen LogP contribution in [0.4, 0.5) is 0 Å². The third-order valence-corrected chi connectivity index (χ3v) is 5.26. The molecule has 0 aliphatic rings. The maximum Gasteiger partial charge on any atom is 0.240 e. The van der Waals surface area contributed by atoms with E-state index in [0.29, 0.717) is 12.8 Å². The van der Waals surface area contributed by atoms with Crippen LogP contribution in [0.1, 0.15) is 110 Å². The summed E-state index contributed by atoms with van der Waals surface area (Å²) >= 11 is 0. The Morgan fingerprint density at radius 2 is 1.38 bits per heavy atom. The van der Waals surface area contributed by atoms with E-state index in [-0.39, 0.29) is 5.91 Å². The van der Waals surface area contributed by atoms with Crippen LogP contribution in [0.25, 0.3) is 0 Å². The van der Waals surface area contributed by atoms with Gasteiger partial charge in [-0.3, -0.25) is 9.59 Å². The molecule has 5 nitrogen and oxygen atoms in total. The molecule has 2 amide bonds. The molecule has 0 saturated heterocycles. The molecule has 0 aliphatic heterocycles. The first kappa shape index (κ1) is 27.6. The van der Waals surface area contributed by atoms with E-state index in [4.69, 9.17) is 5.73 Å². The molecular weight excluding hydrogens is 362 g/mol. The molecule has 5 heteroatoms. The monoisotopic (exact) mass is 409 g/mol. The molecule has 0 fully saturated rings. The summed E-state index contributed by atoms with van der Waals surface area (Å²) in [5, 5.41) is 5.80. The molecule has 0 aromatic rings. The molecule has 0 aliphatic carbocycles. The van der Waals surface area contributed by atoms with Gasteiger partial charge in [-0.1, -0.05) is 70.4 Å². The first-order valence-electron chi connectivity index (χ1n) is 12.0. The average molecular weight is 410 g/mol. The molecule has 0 aromatic carbocycles. The summed E-state index contributed by atoms with van der Waals surface area (Å²) in [5.41, 5.74) is 5.37. The van der Waals surface area contributed by atoms with Crippen LogP contribution >= 0.6 is 0 Å². The summed E-state index contributed by atoms with van der Waals surface area (Å²) < 4.78 is 0. The maximum absolute atomic E-state index is 12.0. The van der Waals surface area contributed by atoms with Crippen LogP contribution in [0.15, 0.2) is 12.2 Å². The summed E-state index contributed by atoms with van der Waals surface area (Å²) in [4.78, 5) is 23.4. The van der Waals surface area contributed by atoms with Crippen molar-refractivity contribution in [1.29, 1.82) is 0 Å². The number of allylic oxidation sites excluding steroid dienone is 2. The quantitative estimate of drug-likeness (QED) is 0.184. The van der Waals surface area contributed by atoms with Gasteiger partial charge >= 0.3 is 0 Å². The first-order valence-corrected chi connectivity index (χ1v) is 12.0. The van der Waals surface area contributed by atoms with E-state index < -0.39 is 11.9 Å². The summed E-state index contributed by atoms with van der Waals surface area (Å²) in [6.07, 6.45) is 22.7. The SMILES string of the molecule is CCCCCCCC/C=C/CCCCCCCC(=O)NC(CCCNC)C(N)=O. The molecule has 0 radical (unpaired) electrons. The first-order chi connectivity index (χ1) is 14.1. The van der Waals surface area contributed by atoms with Gasteiger partial charge in [-0.25, -0.2) is 0 Å². The van der Waals surface area contributed by atoms with Crippen LogP contribution < -0.4 is 16.4 Å². The Hall–Kier alpha value is -1.36. The van der Waals surface area contributed by atoms with E-state index in [0.717, 1.165) is 25.8 Å². The standard InChI is InChI=1S/C24H47N3O2/c1-3-4-5-6-7-8-9-10-11-12-13-14-15-16-17-20-23(28)27-22(24(25)29)19-18-21-26-2/h10-11,22,26H,3-9,12-21H2,1-2H3,(H2,25,29)(H,27,28)/b11-10+. The number of carbonyl (C=O) groups excluding carboxylic acids is 2. The topological polar surface area (TPSA) is 84.2 Å². The molecule has 0 rings (SSSR count). The molecular formula is C24H47N3O2. The van der Waals surface area contributed by atoms with Gasteiger partial charge in [0.1, 0.15) is 6.04 Å². The van der Waals surface area contributed by atoms with Crippen LogP contribution in [0.5, 0.6) is 0 Å². The van der Waals surface area contributed by atoms with E-state index in [1.165, 1.54) is 70.6 Å². The lowest BCUT2D eigenvalue weighted by Crippen LogP contribution is -2.44. The highest BCUT2D eigenvalue weighted by Crippen LogP contribution is 2.10. The predicted octanol–water partition coefficient (Wildman–Crippen LogP) is 4.99. The Bertz CT molecular complexity index is 424. The molecule has 1 unspecified atom stereocenters. The van der Waals surface area contributed by atoms with Crippen LogP contribution in [-0.2, 0) is 9.59 Å². The minimum atomic E-state index is -0.543. The second kappa shape index (κ2) is 21.4. The Labute approximate surface area is 179 Å². The zero-order valence-corrected chi connectivity index (χ0v) is 19.1. The Balaban J connectivity index is 3.51. The van der Waals surface area contributed by atoms with Gasteiger partial charge in [-0.2, -0.15) is 0 Å². The van der Waals surface area contributed by atoms with Crippen molar-refractivity contribution in [3.63, 3.8) is 0 Å². The maximum atomic E-state index is 12.0. The Morgan fingerprint density at radius 1 is 0.828 bits per heavy atom. The van der Waals surface area contributed by atoms with E-state index in [1.807, 2.05) is 7.05 Å². The van der Waals surface area contributed by atoms with Crippen molar-refractivity contribution in [2.45, 2.75) is 116 Å². The molecule has 29 heavy (non-hydrogen) atoms. The third kappa shape index (κ3) is 19.7. The van der Waals surface area contributed by atoms with E-state index in [1.54, 1.807) is 0 Å². The average Bonchev–Trinajstić information content (AvgIpc) is 2.70. The minimum absolute atomic E-state index is 0.0594. The van der Waals surface area contributed by atoms with E-state index in [2.05, 4.69) is 29.7 Å². The largest absolute Gasteiger partial charge is 0.368 e. The molecule has 0 aromatic heterocycles. The van der Waals surface area contributed by atoms with Crippen molar-refractivity contribution in [2.75, 3.05) is 13.6 Å². The van der Waals surface area contributed by atoms with Gasteiger partial charge in [0.2, 0.25) is 11.8 Å². The highest BCUT2D eigenvalue weighted by Gasteiger charge is 2.16. The zero-order valence-electron chi connectivity index (χ0n) is 19.1. The van der Waals surface area contributed by atoms with Crippen LogP contribution in [0.2, 0.25) is 0 Å². The highest BCUT2D eigenvalue weighted by molar-refractivity contribution is 5.86. The van der Waals surface area contributed by atoms with Gasteiger partial charge in [-0.05, 0) is 58.5 Å². The number of carbonyl (C=O) groups is 2. The minimum Gasteiger partial charge on any atom is -0.368 e. The summed E-state index contributed by atoms with van der Waals surface area (Å²) in [6.45, 7) is 3.07. The molecule has 0 bridgehead atoms. The predicted molar refractivity (Wildman–Crippen MR) is 124 cm³/mol. The van der Waals surface area contributed by atoms with Crippen molar-refractivity contribution in [3.05, 3.63) is 12.2 Å². The molecule has 170 valence electrons. The van der Waals surface area contributed by atoms with E-state index >= 15 is 0 Å². The molecule has 0 heterocycles. The number of rotatable bonds is 21. The molecule has 4 N–H and O–H groups in total. The normalized spacial score (nSPS) is 12.3. The number of nitrogens with one attached hydrogen (secondary N) is 2. The second-order valence-electron chi connectivity index (χ2n) is 8.10. The van der Waals surface area contributed by atoms with Gasteiger partial charge in [0.05, 0.1) is 0 Å². The number of unbranched alkanes of at least 4 members (excludes halogenated alkanes) is 11. The van der Waals surface area contributed by atoms with Gasteiger partial charge in [0.25, 0.3) is 0 Å². The van der Waals surface area contributed by atoms with Crippen molar-refractivity contribution in [1.82, 2.24) is 10.6 Å². The fourth-order valence-electron chi connectivity index (χ4n) is 3.39. The number of hydrogen-bond donors (Lipinski definition) is 3.